The highest BCUT2D eigenvalue weighted by Crippen LogP contribution is 2.36. The van der Waals surface area contributed by atoms with Crippen molar-refractivity contribution < 1.29 is 38.4 Å². The van der Waals surface area contributed by atoms with Crippen LogP contribution in [-0.4, -0.2) is 85.7 Å². The Kier molecular flexibility index (Phi) is 9.48. The van der Waals surface area contributed by atoms with Crippen molar-refractivity contribution in [2.75, 3.05) is 56.6 Å². The highest BCUT2D eigenvalue weighted by molar-refractivity contribution is 6.04. The Morgan fingerprint density at radius 3 is 2.51 bits per heavy atom. The lowest BCUT2D eigenvalue weighted by atomic mass is 9.99. The van der Waals surface area contributed by atoms with Crippen LogP contribution in [0.25, 0.3) is 0 Å². The molecule has 0 bridgehead atoms. The molecule has 3 aromatic rings. The molecule has 2 heterocycles. The highest BCUT2D eigenvalue weighted by Gasteiger charge is 2.35. The Balaban J connectivity index is 1.38. The predicted molar refractivity (Wildman–Crippen MR) is 167 cm³/mol. The van der Waals surface area contributed by atoms with Gasteiger partial charge in [0, 0.05) is 37.0 Å². The number of amides is 5. The summed E-state index contributed by atoms with van der Waals surface area (Å²) in [4.78, 5) is 43.0. The summed E-state index contributed by atoms with van der Waals surface area (Å²) in [6, 6.07) is 15.5. The monoisotopic (exact) mass is 619 g/mol. The van der Waals surface area contributed by atoms with E-state index in [1.54, 1.807) is 86.6 Å². The number of para-hydroxylation sites is 1. The van der Waals surface area contributed by atoms with Gasteiger partial charge in [-0.25, -0.2) is 9.59 Å². The number of methoxy groups -OCH3 is 1. The van der Waals surface area contributed by atoms with Crippen molar-refractivity contribution in [2.24, 2.45) is 5.92 Å². The van der Waals surface area contributed by atoms with Gasteiger partial charge in [-0.3, -0.25) is 4.79 Å². The summed E-state index contributed by atoms with van der Waals surface area (Å²) in [7, 11) is 3.20. The smallest absolute Gasteiger partial charge is 0.323 e. The lowest BCUT2D eigenvalue weighted by molar-refractivity contribution is 0.0373. The number of urea groups is 2. The summed E-state index contributed by atoms with van der Waals surface area (Å²) in [5.41, 5.74) is 1.57. The Morgan fingerprint density at radius 1 is 1.04 bits per heavy atom. The quantitative estimate of drug-likeness (QED) is 0.289. The van der Waals surface area contributed by atoms with Gasteiger partial charge in [-0.1, -0.05) is 13.0 Å². The zero-order valence-electron chi connectivity index (χ0n) is 25.5. The van der Waals surface area contributed by atoms with E-state index in [1.165, 1.54) is 4.90 Å². The number of anilines is 3. The van der Waals surface area contributed by atoms with Crippen LogP contribution >= 0.6 is 0 Å². The fourth-order valence-electron chi connectivity index (χ4n) is 5.06. The Labute approximate surface area is 261 Å². The van der Waals surface area contributed by atoms with Gasteiger partial charge < -0.3 is 49.8 Å². The molecule has 0 saturated carbocycles. The number of carbonyl (C=O) groups is 3. The van der Waals surface area contributed by atoms with Crippen LogP contribution in [0.4, 0.5) is 26.7 Å². The fraction of sp³-hybridized carbons (Fsp3) is 0.344. The zero-order chi connectivity index (χ0) is 32.1. The Bertz CT molecular complexity index is 1550. The molecule has 0 spiro atoms. The third kappa shape index (κ3) is 7.15. The van der Waals surface area contributed by atoms with E-state index in [0.717, 1.165) is 0 Å². The second-order valence-electron chi connectivity index (χ2n) is 11.0. The number of nitrogens with zero attached hydrogens (tertiary/aromatic N) is 2. The van der Waals surface area contributed by atoms with Crippen molar-refractivity contribution in [2.45, 2.75) is 26.0 Å². The first-order chi connectivity index (χ1) is 21.7. The van der Waals surface area contributed by atoms with Gasteiger partial charge in [-0.15, -0.1) is 0 Å². The van der Waals surface area contributed by atoms with E-state index in [1.807, 2.05) is 6.92 Å². The number of aliphatic hydroxyl groups is 1. The van der Waals surface area contributed by atoms with Crippen LogP contribution in [0.3, 0.4) is 0 Å². The van der Waals surface area contributed by atoms with Crippen molar-refractivity contribution >= 4 is 35.0 Å². The molecule has 5 rings (SSSR count). The molecule has 0 aromatic heterocycles. The van der Waals surface area contributed by atoms with E-state index < -0.39 is 18.2 Å². The van der Waals surface area contributed by atoms with Crippen LogP contribution < -0.4 is 34.9 Å². The molecule has 0 aliphatic carbocycles. The average molecular weight is 620 g/mol. The van der Waals surface area contributed by atoms with E-state index in [-0.39, 0.29) is 61.3 Å². The summed E-state index contributed by atoms with van der Waals surface area (Å²) in [6.45, 7) is 3.99. The Morgan fingerprint density at radius 2 is 1.78 bits per heavy atom. The van der Waals surface area contributed by atoms with Gasteiger partial charge in [0.1, 0.15) is 11.9 Å². The molecule has 45 heavy (non-hydrogen) atoms. The largest absolute Gasteiger partial charge is 0.497 e. The van der Waals surface area contributed by atoms with Gasteiger partial charge in [0.15, 0.2) is 17.2 Å². The fourth-order valence-corrected chi connectivity index (χ4v) is 5.06. The summed E-state index contributed by atoms with van der Waals surface area (Å²) in [6.07, 6.45) is -0.592. The van der Waals surface area contributed by atoms with Gasteiger partial charge in [0.25, 0.3) is 5.91 Å². The summed E-state index contributed by atoms with van der Waals surface area (Å²) in [5, 5.41) is 18.4. The zero-order valence-corrected chi connectivity index (χ0v) is 25.5. The van der Waals surface area contributed by atoms with E-state index in [4.69, 9.17) is 18.9 Å². The molecule has 0 unspecified atom stereocenters. The first kappa shape index (κ1) is 31.3. The molecule has 3 atom stereocenters. The minimum atomic E-state index is -0.592. The molecule has 13 nitrogen and oxygen atoms in total. The predicted octanol–water partition coefficient (Wildman–Crippen LogP) is 4.45. The molecule has 0 fully saturated rings. The number of hydrogen-bond acceptors (Lipinski definition) is 8. The van der Waals surface area contributed by atoms with Gasteiger partial charge in [-0.2, -0.15) is 0 Å². The number of hydrogen-bond donors (Lipinski definition) is 4. The number of nitrogens with one attached hydrogen (secondary N) is 3. The van der Waals surface area contributed by atoms with Crippen molar-refractivity contribution in [1.29, 1.82) is 0 Å². The van der Waals surface area contributed by atoms with Crippen LogP contribution in [0.1, 0.15) is 24.2 Å². The average Bonchev–Trinajstić information content (AvgIpc) is 3.51. The molecular formula is C32H37N5O8. The number of fused-ring (bicyclic) bond motifs is 2. The molecule has 4 N–H and O–H groups in total. The van der Waals surface area contributed by atoms with Crippen LogP contribution in [0.2, 0.25) is 0 Å². The lowest BCUT2D eigenvalue weighted by Crippen LogP contribution is -2.50. The minimum Gasteiger partial charge on any atom is -0.497 e. The molecule has 13 heteroatoms. The molecule has 0 saturated heterocycles. The summed E-state index contributed by atoms with van der Waals surface area (Å²) in [5.74, 6) is 1.36. The standard InChI is InChI=1S/C32H37N5O8/c1-19-15-37(20(2)17-38)30(39)24-6-5-7-25(35-31(40)33-21-8-11-23(42-4)12-9-21)29(24)45-28(19)16-36(3)32(41)34-22-10-13-26-27(14-22)44-18-43-26/h5-14,19-20,28,38H,15-18H2,1-4H3,(H,34,41)(H2,33,35,40)/t19-,20-,28-/m0/s1. The second kappa shape index (κ2) is 13.6. The van der Waals surface area contributed by atoms with Gasteiger partial charge in [0.2, 0.25) is 6.79 Å². The first-order valence-electron chi connectivity index (χ1n) is 14.5. The van der Waals surface area contributed by atoms with E-state index in [2.05, 4.69) is 16.0 Å². The maximum Gasteiger partial charge on any atom is 0.323 e. The van der Waals surface area contributed by atoms with Crippen molar-refractivity contribution in [1.82, 2.24) is 9.80 Å². The number of carbonyl (C=O) groups excluding carboxylic acids is 3. The number of ether oxygens (including phenoxy) is 4. The Hall–Kier alpha value is -5.17. The highest BCUT2D eigenvalue weighted by atomic mass is 16.7. The normalized spacial score (nSPS) is 17.6. The topological polar surface area (TPSA) is 151 Å². The van der Waals surface area contributed by atoms with Gasteiger partial charge in [-0.05, 0) is 55.5 Å². The maximum absolute atomic E-state index is 13.7. The van der Waals surface area contributed by atoms with Crippen LogP contribution in [0, 0.1) is 5.92 Å². The first-order valence-corrected chi connectivity index (χ1v) is 14.5. The summed E-state index contributed by atoms with van der Waals surface area (Å²) >= 11 is 0. The van der Waals surface area contributed by atoms with E-state index in [0.29, 0.717) is 28.6 Å². The minimum absolute atomic E-state index is 0.124. The molecular weight excluding hydrogens is 582 g/mol. The van der Waals surface area contributed by atoms with Crippen LogP contribution in [0.15, 0.2) is 60.7 Å². The SMILES string of the molecule is COc1ccc(NC(=O)Nc2cccc3c2O[C@@H](CN(C)C(=O)Nc2ccc4c(c2)OCO4)[C@@H](C)CN([C@@H](C)CO)C3=O)cc1. The second-order valence-corrected chi connectivity index (χ2v) is 11.0. The van der Waals surface area contributed by atoms with Crippen molar-refractivity contribution in [3.05, 3.63) is 66.2 Å². The summed E-state index contributed by atoms with van der Waals surface area (Å²) < 4.78 is 22.4. The number of aliphatic hydroxyl groups excluding tert-OH is 1. The van der Waals surface area contributed by atoms with Crippen molar-refractivity contribution in [3.63, 3.8) is 0 Å². The third-order valence-electron chi connectivity index (χ3n) is 7.71. The molecule has 238 valence electrons. The lowest BCUT2D eigenvalue weighted by Gasteiger charge is -2.38. The van der Waals surface area contributed by atoms with Crippen LogP contribution in [-0.2, 0) is 0 Å². The van der Waals surface area contributed by atoms with Crippen molar-refractivity contribution in [3.8, 4) is 23.0 Å². The molecule has 5 amide bonds. The molecule has 0 radical (unpaired) electrons. The van der Waals surface area contributed by atoms with Gasteiger partial charge >= 0.3 is 12.1 Å². The number of likely N-dealkylation sites (N-methyl/N-ethyl adjacent to an activating group) is 1. The van der Waals surface area contributed by atoms with E-state index >= 15 is 0 Å². The van der Waals surface area contributed by atoms with Crippen LogP contribution in [0.5, 0.6) is 23.0 Å². The number of rotatable bonds is 8. The van der Waals surface area contributed by atoms with Gasteiger partial charge in [0.05, 0.1) is 37.6 Å². The molecule has 3 aromatic carbocycles. The van der Waals surface area contributed by atoms with E-state index in [9.17, 15) is 19.5 Å². The maximum atomic E-state index is 13.7. The number of benzene rings is 3. The third-order valence-corrected chi connectivity index (χ3v) is 7.71. The molecule has 2 aliphatic heterocycles. The molecule has 2 aliphatic rings.